The number of hydrogen-bond acceptors (Lipinski definition) is 1. The van der Waals surface area contributed by atoms with Crippen LogP contribution in [0.5, 0.6) is 0 Å². The van der Waals surface area contributed by atoms with Crippen molar-refractivity contribution in [2.45, 2.75) is 0 Å². The predicted octanol–water partition coefficient (Wildman–Crippen LogP) is 4.15. The van der Waals surface area contributed by atoms with Crippen LogP contribution in [0.25, 0.3) is 16.2 Å². The van der Waals surface area contributed by atoms with Gasteiger partial charge in [-0.15, -0.1) is 11.3 Å². The van der Waals surface area contributed by atoms with E-state index in [1.165, 1.54) is 18.5 Å². The molecule has 1 aromatic heterocycles. The van der Waals surface area contributed by atoms with Gasteiger partial charge >= 0.3 is 0 Å². The maximum atomic E-state index is 3.75. The minimum Gasteiger partial charge on any atom is -0.129 e. The van der Waals surface area contributed by atoms with E-state index in [9.17, 15) is 0 Å². The lowest BCUT2D eigenvalue weighted by Crippen LogP contribution is -1.68. The van der Waals surface area contributed by atoms with Crippen molar-refractivity contribution in [1.82, 2.24) is 0 Å². The fourth-order valence-electron chi connectivity index (χ4n) is 1.16. The molecule has 0 amide bonds. The molecule has 2 aromatic rings. The number of benzene rings is 1. The van der Waals surface area contributed by atoms with Crippen molar-refractivity contribution in [3.05, 3.63) is 39.3 Å². The summed E-state index contributed by atoms with van der Waals surface area (Å²) in [6.45, 7) is 3.75. The second-order valence-electron chi connectivity index (χ2n) is 2.55. The number of halogens is 1. The summed E-state index contributed by atoms with van der Waals surface area (Å²) < 4.78 is 2.69. The van der Waals surface area contributed by atoms with Crippen LogP contribution in [-0.4, -0.2) is 0 Å². The number of hydrogen-bond donors (Lipinski definition) is 0. The highest BCUT2D eigenvalue weighted by Gasteiger charge is 1.98. The van der Waals surface area contributed by atoms with E-state index in [0.717, 1.165) is 0 Å². The van der Waals surface area contributed by atoms with Crippen LogP contribution in [0.1, 0.15) is 5.56 Å². The molecule has 0 atom stereocenters. The van der Waals surface area contributed by atoms with E-state index >= 15 is 0 Å². The van der Waals surface area contributed by atoms with E-state index in [1.54, 1.807) is 0 Å². The molecule has 0 N–H and O–H groups in total. The lowest BCUT2D eigenvalue weighted by atomic mass is 10.2. The van der Waals surface area contributed by atoms with Crippen molar-refractivity contribution in [3.63, 3.8) is 0 Å². The molecule has 0 saturated heterocycles. The smallest absolute Gasteiger partial charge is 0.0666 e. The van der Waals surface area contributed by atoms with Crippen molar-refractivity contribution < 1.29 is 0 Å². The van der Waals surface area contributed by atoms with Gasteiger partial charge in [0.05, 0.1) is 2.88 Å². The summed E-state index contributed by atoms with van der Waals surface area (Å²) in [5.41, 5.74) is 1.19. The van der Waals surface area contributed by atoms with Crippen LogP contribution in [0.3, 0.4) is 0 Å². The molecule has 0 unspecified atom stereocenters. The first-order chi connectivity index (χ1) is 5.79. The van der Waals surface area contributed by atoms with Crippen LogP contribution in [0.4, 0.5) is 0 Å². The van der Waals surface area contributed by atoms with E-state index < -0.39 is 0 Å². The molecule has 0 saturated carbocycles. The van der Waals surface area contributed by atoms with Crippen molar-refractivity contribution >= 4 is 50.1 Å². The Labute approximate surface area is 89.1 Å². The molecular weight excluding hydrogens is 279 g/mol. The van der Waals surface area contributed by atoms with Crippen molar-refractivity contribution in [2.75, 3.05) is 0 Å². The third-order valence-electron chi connectivity index (χ3n) is 1.75. The summed E-state index contributed by atoms with van der Waals surface area (Å²) in [5.74, 6) is 0. The monoisotopic (exact) mass is 286 g/mol. The van der Waals surface area contributed by atoms with Gasteiger partial charge in [0.2, 0.25) is 0 Å². The Hall–Kier alpha value is -0.350. The minimum atomic E-state index is 1.19. The van der Waals surface area contributed by atoms with Crippen molar-refractivity contribution in [1.29, 1.82) is 0 Å². The molecule has 0 spiro atoms. The molecule has 2 rings (SSSR count). The van der Waals surface area contributed by atoms with Crippen LogP contribution < -0.4 is 0 Å². The Kier molecular flexibility index (Phi) is 2.19. The van der Waals surface area contributed by atoms with Crippen LogP contribution in [0, 0.1) is 2.88 Å². The molecule has 60 valence electrons. The van der Waals surface area contributed by atoms with E-state index in [2.05, 4.69) is 53.4 Å². The molecule has 0 aliphatic rings. The van der Waals surface area contributed by atoms with E-state index in [0.29, 0.717) is 0 Å². The van der Waals surface area contributed by atoms with E-state index in [-0.39, 0.29) is 0 Å². The van der Waals surface area contributed by atoms with Gasteiger partial charge in [0.1, 0.15) is 0 Å². The van der Waals surface area contributed by atoms with Crippen LogP contribution in [0.2, 0.25) is 0 Å². The minimum absolute atomic E-state index is 1.19. The number of rotatable bonds is 1. The third kappa shape index (κ3) is 1.41. The maximum absolute atomic E-state index is 3.75. The van der Waals surface area contributed by atoms with Crippen LogP contribution in [0.15, 0.2) is 30.8 Å². The second kappa shape index (κ2) is 3.18. The number of thiophene rings is 1. The third-order valence-corrected chi connectivity index (χ3v) is 3.62. The van der Waals surface area contributed by atoms with E-state index in [4.69, 9.17) is 0 Å². The van der Waals surface area contributed by atoms with Gasteiger partial charge in [-0.05, 0) is 51.7 Å². The molecule has 0 radical (unpaired) electrons. The maximum Gasteiger partial charge on any atom is 0.0666 e. The van der Waals surface area contributed by atoms with Gasteiger partial charge in [-0.25, -0.2) is 0 Å². The quantitative estimate of drug-likeness (QED) is 0.691. The SMILES string of the molecule is C=Cc1ccc2sc(I)cc2c1. The van der Waals surface area contributed by atoms with Gasteiger partial charge in [0, 0.05) is 4.70 Å². The topological polar surface area (TPSA) is 0 Å². The highest BCUT2D eigenvalue weighted by Crippen LogP contribution is 2.27. The zero-order chi connectivity index (χ0) is 8.55. The Morgan fingerprint density at radius 2 is 2.17 bits per heavy atom. The molecular formula is C10H7IS. The van der Waals surface area contributed by atoms with Gasteiger partial charge in [-0.3, -0.25) is 0 Å². The molecule has 0 aliphatic heterocycles. The van der Waals surface area contributed by atoms with Gasteiger partial charge in [-0.1, -0.05) is 18.7 Å². The Balaban J connectivity index is 2.74. The first-order valence-electron chi connectivity index (χ1n) is 3.61. The molecule has 1 heterocycles. The Morgan fingerprint density at radius 3 is 2.92 bits per heavy atom. The summed E-state index contributed by atoms with van der Waals surface area (Å²) in [4.78, 5) is 0. The number of fused-ring (bicyclic) bond motifs is 1. The summed E-state index contributed by atoms with van der Waals surface area (Å²) in [6, 6.07) is 8.62. The standard InChI is InChI=1S/C10H7IS/c1-2-7-3-4-9-8(5-7)6-10(11)12-9/h2-6H,1H2. The fraction of sp³-hybridized carbons (Fsp3) is 0. The molecule has 0 aliphatic carbocycles. The summed E-state index contributed by atoms with van der Waals surface area (Å²) in [7, 11) is 0. The first-order valence-corrected chi connectivity index (χ1v) is 5.50. The van der Waals surface area contributed by atoms with Gasteiger partial charge < -0.3 is 0 Å². The highest BCUT2D eigenvalue weighted by molar-refractivity contribution is 14.1. The van der Waals surface area contributed by atoms with Crippen molar-refractivity contribution in [3.8, 4) is 0 Å². The van der Waals surface area contributed by atoms with Gasteiger partial charge in [-0.2, -0.15) is 0 Å². The molecule has 0 bridgehead atoms. The summed E-state index contributed by atoms with van der Waals surface area (Å²) in [6.07, 6.45) is 1.88. The zero-order valence-electron chi connectivity index (χ0n) is 6.38. The summed E-state index contributed by atoms with van der Waals surface area (Å²) in [5, 5.41) is 1.32. The lowest BCUT2D eigenvalue weighted by molar-refractivity contribution is 1.77. The molecule has 12 heavy (non-hydrogen) atoms. The van der Waals surface area contributed by atoms with Gasteiger partial charge in [0.25, 0.3) is 0 Å². The second-order valence-corrected chi connectivity index (χ2v) is 5.53. The average molecular weight is 286 g/mol. The molecule has 1 aromatic carbocycles. The highest BCUT2D eigenvalue weighted by atomic mass is 127. The van der Waals surface area contributed by atoms with Gasteiger partial charge in [0.15, 0.2) is 0 Å². The van der Waals surface area contributed by atoms with Crippen LogP contribution in [-0.2, 0) is 0 Å². The first kappa shape index (κ1) is 8.26. The fourth-order valence-corrected chi connectivity index (χ4v) is 2.97. The van der Waals surface area contributed by atoms with E-state index in [1.807, 2.05) is 17.4 Å². The molecule has 2 heteroatoms. The Morgan fingerprint density at radius 1 is 1.33 bits per heavy atom. The largest absolute Gasteiger partial charge is 0.129 e. The normalized spacial score (nSPS) is 10.4. The van der Waals surface area contributed by atoms with Crippen molar-refractivity contribution in [2.24, 2.45) is 0 Å². The summed E-state index contributed by atoms with van der Waals surface area (Å²) >= 11 is 4.17. The molecule has 0 fully saturated rings. The average Bonchev–Trinajstić information content (AvgIpc) is 2.43. The molecule has 0 nitrogen and oxygen atoms in total. The Bertz CT molecular complexity index is 428. The zero-order valence-corrected chi connectivity index (χ0v) is 9.35. The lowest BCUT2D eigenvalue weighted by Gasteiger charge is -1.91. The van der Waals surface area contributed by atoms with Crippen LogP contribution >= 0.6 is 33.9 Å². The predicted molar refractivity (Wildman–Crippen MR) is 64.6 cm³/mol.